The summed E-state index contributed by atoms with van der Waals surface area (Å²) in [6.07, 6.45) is 3.94. The molecule has 2 aliphatic heterocycles. The van der Waals surface area contributed by atoms with Crippen molar-refractivity contribution in [2.75, 3.05) is 26.2 Å². The minimum atomic E-state index is 0.133. The number of likely N-dealkylation sites (tertiary alicyclic amines) is 2. The third-order valence-corrected chi connectivity index (χ3v) is 5.17. The van der Waals surface area contributed by atoms with Gasteiger partial charge in [0, 0.05) is 45.7 Å². The molecule has 2 heterocycles. The van der Waals surface area contributed by atoms with Crippen LogP contribution in [0.25, 0.3) is 0 Å². The Bertz CT molecular complexity index is 561. The van der Waals surface area contributed by atoms with E-state index in [-0.39, 0.29) is 18.0 Å². The van der Waals surface area contributed by atoms with Crippen molar-refractivity contribution in [1.29, 1.82) is 0 Å². The lowest BCUT2D eigenvalue weighted by Crippen LogP contribution is -2.51. The summed E-state index contributed by atoms with van der Waals surface area (Å²) in [5, 5.41) is 0. The van der Waals surface area contributed by atoms with Gasteiger partial charge in [-0.05, 0) is 31.2 Å². The van der Waals surface area contributed by atoms with Crippen molar-refractivity contribution in [3.8, 4) is 0 Å². The number of rotatable bonds is 3. The van der Waals surface area contributed by atoms with Crippen LogP contribution in [0, 0.1) is 0 Å². The SMILES string of the molecule is CC(=O)N1CCC(N(Cc2ccccc2)C(=O)N2CCCC2)CC1. The minimum Gasteiger partial charge on any atom is -0.343 e. The Morgan fingerprint density at radius 3 is 2.21 bits per heavy atom. The highest BCUT2D eigenvalue weighted by Gasteiger charge is 2.32. The summed E-state index contributed by atoms with van der Waals surface area (Å²) in [5.41, 5.74) is 1.17. The predicted molar refractivity (Wildman–Crippen MR) is 93.5 cm³/mol. The standard InChI is InChI=1S/C19H27N3O2/c1-16(23)20-13-9-18(10-14-20)22(15-17-7-3-2-4-8-17)19(24)21-11-5-6-12-21/h2-4,7-8,18H,5-6,9-15H2,1H3. The van der Waals surface area contributed by atoms with Gasteiger partial charge in [0.25, 0.3) is 0 Å². The molecule has 2 saturated heterocycles. The smallest absolute Gasteiger partial charge is 0.320 e. The maximum Gasteiger partial charge on any atom is 0.320 e. The summed E-state index contributed by atoms with van der Waals surface area (Å²) in [4.78, 5) is 30.5. The summed E-state index contributed by atoms with van der Waals surface area (Å²) in [6.45, 7) is 5.52. The molecule has 2 fully saturated rings. The van der Waals surface area contributed by atoms with Gasteiger partial charge in [-0.25, -0.2) is 4.79 Å². The molecule has 130 valence electrons. The molecule has 1 aromatic carbocycles. The number of amides is 3. The van der Waals surface area contributed by atoms with E-state index in [1.54, 1.807) is 6.92 Å². The van der Waals surface area contributed by atoms with Crippen molar-refractivity contribution in [3.05, 3.63) is 35.9 Å². The van der Waals surface area contributed by atoms with E-state index in [9.17, 15) is 9.59 Å². The number of urea groups is 1. The molecule has 0 unspecified atom stereocenters. The maximum absolute atomic E-state index is 13.0. The Hall–Kier alpha value is -2.04. The Balaban J connectivity index is 1.72. The molecule has 0 aliphatic carbocycles. The van der Waals surface area contributed by atoms with E-state index in [1.807, 2.05) is 32.9 Å². The first kappa shape index (κ1) is 16.8. The van der Waals surface area contributed by atoms with Gasteiger partial charge in [0.2, 0.25) is 5.91 Å². The Morgan fingerprint density at radius 1 is 1.00 bits per heavy atom. The summed E-state index contributed by atoms with van der Waals surface area (Å²) < 4.78 is 0. The minimum absolute atomic E-state index is 0.133. The molecular formula is C19H27N3O2. The molecule has 3 amide bonds. The number of piperidine rings is 1. The van der Waals surface area contributed by atoms with Gasteiger partial charge in [0.05, 0.1) is 0 Å². The van der Waals surface area contributed by atoms with Crippen LogP contribution in [0.15, 0.2) is 30.3 Å². The second-order valence-corrected chi connectivity index (χ2v) is 6.83. The second-order valence-electron chi connectivity index (χ2n) is 6.83. The molecule has 0 spiro atoms. The van der Waals surface area contributed by atoms with Gasteiger partial charge in [-0.15, -0.1) is 0 Å². The Labute approximate surface area is 144 Å². The molecule has 5 heteroatoms. The van der Waals surface area contributed by atoms with Gasteiger partial charge in [0.1, 0.15) is 0 Å². The number of carbonyl (C=O) groups excluding carboxylic acids is 2. The Morgan fingerprint density at radius 2 is 1.62 bits per heavy atom. The van der Waals surface area contributed by atoms with Crippen LogP contribution in [0.5, 0.6) is 0 Å². The average Bonchev–Trinajstić information content (AvgIpc) is 3.15. The van der Waals surface area contributed by atoms with E-state index in [0.717, 1.165) is 51.9 Å². The van der Waals surface area contributed by atoms with Crippen molar-refractivity contribution >= 4 is 11.9 Å². The van der Waals surface area contributed by atoms with E-state index in [1.165, 1.54) is 5.56 Å². The monoisotopic (exact) mass is 329 g/mol. The van der Waals surface area contributed by atoms with Crippen molar-refractivity contribution in [2.24, 2.45) is 0 Å². The highest BCUT2D eigenvalue weighted by molar-refractivity contribution is 5.75. The zero-order valence-corrected chi connectivity index (χ0v) is 14.5. The molecule has 0 atom stereocenters. The van der Waals surface area contributed by atoms with Crippen molar-refractivity contribution in [2.45, 2.75) is 45.2 Å². The fourth-order valence-electron chi connectivity index (χ4n) is 3.72. The quantitative estimate of drug-likeness (QED) is 0.856. The highest BCUT2D eigenvalue weighted by Crippen LogP contribution is 2.22. The largest absolute Gasteiger partial charge is 0.343 e. The third kappa shape index (κ3) is 3.89. The van der Waals surface area contributed by atoms with Gasteiger partial charge in [0.15, 0.2) is 0 Å². The van der Waals surface area contributed by atoms with Crippen molar-refractivity contribution < 1.29 is 9.59 Å². The van der Waals surface area contributed by atoms with Crippen LogP contribution in [0.1, 0.15) is 38.2 Å². The van der Waals surface area contributed by atoms with Gasteiger partial charge in [-0.2, -0.15) is 0 Å². The lowest BCUT2D eigenvalue weighted by Gasteiger charge is -2.40. The number of carbonyl (C=O) groups is 2. The Kier molecular flexibility index (Phi) is 5.38. The molecule has 3 rings (SSSR count). The first-order valence-electron chi connectivity index (χ1n) is 9.00. The molecule has 0 saturated carbocycles. The fourth-order valence-corrected chi connectivity index (χ4v) is 3.72. The topological polar surface area (TPSA) is 43.9 Å². The van der Waals surface area contributed by atoms with E-state index in [0.29, 0.717) is 6.54 Å². The predicted octanol–water partition coefficient (Wildman–Crippen LogP) is 2.72. The summed E-state index contributed by atoms with van der Waals surface area (Å²) >= 11 is 0. The van der Waals surface area contributed by atoms with Crippen LogP contribution in [-0.4, -0.2) is 58.9 Å². The zero-order valence-electron chi connectivity index (χ0n) is 14.5. The summed E-state index contributed by atoms with van der Waals surface area (Å²) in [7, 11) is 0. The zero-order chi connectivity index (χ0) is 16.9. The van der Waals surface area contributed by atoms with Crippen LogP contribution >= 0.6 is 0 Å². The lowest BCUT2D eigenvalue weighted by molar-refractivity contribution is -0.130. The summed E-state index contributed by atoms with van der Waals surface area (Å²) in [5.74, 6) is 0.133. The number of hydrogen-bond acceptors (Lipinski definition) is 2. The van der Waals surface area contributed by atoms with E-state index < -0.39 is 0 Å². The van der Waals surface area contributed by atoms with E-state index in [2.05, 4.69) is 12.1 Å². The van der Waals surface area contributed by atoms with Gasteiger partial charge >= 0.3 is 6.03 Å². The molecule has 5 nitrogen and oxygen atoms in total. The molecule has 0 aromatic heterocycles. The number of benzene rings is 1. The molecule has 2 aliphatic rings. The van der Waals surface area contributed by atoms with E-state index >= 15 is 0 Å². The molecule has 0 bridgehead atoms. The molecule has 0 radical (unpaired) electrons. The van der Waals surface area contributed by atoms with Crippen molar-refractivity contribution in [1.82, 2.24) is 14.7 Å². The number of hydrogen-bond donors (Lipinski definition) is 0. The highest BCUT2D eigenvalue weighted by atomic mass is 16.2. The van der Waals surface area contributed by atoms with Crippen LogP contribution in [0.3, 0.4) is 0 Å². The van der Waals surface area contributed by atoms with Crippen LogP contribution in [-0.2, 0) is 11.3 Å². The first-order chi connectivity index (χ1) is 11.6. The maximum atomic E-state index is 13.0. The van der Waals surface area contributed by atoms with E-state index in [4.69, 9.17) is 0 Å². The first-order valence-corrected chi connectivity index (χ1v) is 9.00. The van der Waals surface area contributed by atoms with Gasteiger partial charge in [-0.1, -0.05) is 30.3 Å². The van der Waals surface area contributed by atoms with Crippen LogP contribution < -0.4 is 0 Å². The van der Waals surface area contributed by atoms with Crippen molar-refractivity contribution in [3.63, 3.8) is 0 Å². The average molecular weight is 329 g/mol. The van der Waals surface area contributed by atoms with Crippen LogP contribution in [0.2, 0.25) is 0 Å². The van der Waals surface area contributed by atoms with Gasteiger partial charge in [-0.3, -0.25) is 4.79 Å². The molecular weight excluding hydrogens is 302 g/mol. The molecule has 0 N–H and O–H groups in total. The molecule has 1 aromatic rings. The second kappa shape index (κ2) is 7.69. The van der Waals surface area contributed by atoms with Crippen LogP contribution in [0.4, 0.5) is 4.79 Å². The normalized spacial score (nSPS) is 18.7. The lowest BCUT2D eigenvalue weighted by atomic mass is 10.0. The summed E-state index contributed by atoms with van der Waals surface area (Å²) in [6, 6.07) is 10.6. The third-order valence-electron chi connectivity index (χ3n) is 5.17. The van der Waals surface area contributed by atoms with Gasteiger partial charge < -0.3 is 14.7 Å². The number of nitrogens with zero attached hydrogens (tertiary/aromatic N) is 3. The fraction of sp³-hybridized carbons (Fsp3) is 0.579. The molecule has 24 heavy (non-hydrogen) atoms.